The summed E-state index contributed by atoms with van der Waals surface area (Å²) in [5, 5.41) is 14.5. The lowest BCUT2D eigenvalue weighted by atomic mass is 10.2. The lowest BCUT2D eigenvalue weighted by molar-refractivity contribution is -0.107. The summed E-state index contributed by atoms with van der Waals surface area (Å²) < 4.78 is 0. The fraction of sp³-hybridized carbons (Fsp3) is 0.250. The summed E-state index contributed by atoms with van der Waals surface area (Å²) in [6.07, 6.45) is 2.35. The predicted octanol–water partition coefficient (Wildman–Crippen LogP) is 3.87. The summed E-state index contributed by atoms with van der Waals surface area (Å²) in [6, 6.07) is 3.44. The van der Waals surface area contributed by atoms with Crippen molar-refractivity contribution in [2.24, 2.45) is 10.9 Å². The van der Waals surface area contributed by atoms with Gasteiger partial charge in [-0.05, 0) is 17.7 Å². The molecule has 3 N–H and O–H groups in total. The van der Waals surface area contributed by atoms with Gasteiger partial charge in [0.15, 0.2) is 6.61 Å². The van der Waals surface area contributed by atoms with Crippen LogP contribution in [0.15, 0.2) is 49.8 Å². The van der Waals surface area contributed by atoms with Gasteiger partial charge in [-0.25, -0.2) is 0 Å². The van der Waals surface area contributed by atoms with Crippen LogP contribution in [0.3, 0.4) is 0 Å². The van der Waals surface area contributed by atoms with Gasteiger partial charge in [0.1, 0.15) is 6.29 Å². The third-order valence-corrected chi connectivity index (χ3v) is 6.96. The van der Waals surface area contributed by atoms with E-state index in [1.165, 1.54) is 29.7 Å². The van der Waals surface area contributed by atoms with Crippen molar-refractivity contribution in [2.75, 3.05) is 13.2 Å². The molecular formula is C16H16Cl2N2O3S2. The van der Waals surface area contributed by atoms with E-state index in [1.54, 1.807) is 12.1 Å². The number of thioether (sulfide) groups is 2. The Bertz CT molecular complexity index is 738. The summed E-state index contributed by atoms with van der Waals surface area (Å²) >= 11 is 15.3. The minimum absolute atomic E-state index is 0.0792. The number of hydrogen-bond acceptors (Lipinski definition) is 7. The number of allylic oxidation sites excluding steroid dienone is 1. The molecule has 1 unspecified atom stereocenters. The molecule has 0 amide bonds. The fourth-order valence-electron chi connectivity index (χ4n) is 2.01. The van der Waals surface area contributed by atoms with Gasteiger partial charge in [0.05, 0.1) is 28.1 Å². The number of nitrogens with two attached hydrogens (primary N) is 1. The topological polar surface area (TPSA) is 84.9 Å². The van der Waals surface area contributed by atoms with Crippen molar-refractivity contribution in [1.29, 1.82) is 0 Å². The Balaban J connectivity index is 2.39. The maximum Gasteiger partial charge on any atom is 0.155 e. The molecule has 0 aromatic heterocycles. The number of carbonyl (C=O) groups is 1. The summed E-state index contributed by atoms with van der Waals surface area (Å²) in [5.41, 5.74) is 6.38. The number of aliphatic hydroxyl groups excluding tert-OH is 1. The molecule has 5 nitrogen and oxygen atoms in total. The van der Waals surface area contributed by atoms with Gasteiger partial charge in [-0.1, -0.05) is 46.7 Å². The molecule has 134 valence electrons. The van der Waals surface area contributed by atoms with Crippen LogP contribution in [0.5, 0.6) is 0 Å². The second kappa shape index (κ2) is 9.54. The highest BCUT2D eigenvalue weighted by Gasteiger charge is 2.29. The fourth-order valence-corrected chi connectivity index (χ4v) is 5.32. The summed E-state index contributed by atoms with van der Waals surface area (Å²) in [4.78, 5) is 18.5. The van der Waals surface area contributed by atoms with Crippen LogP contribution < -0.4 is 5.73 Å². The number of oxime groups is 1. The van der Waals surface area contributed by atoms with Crippen LogP contribution in [0.1, 0.15) is 6.42 Å². The molecule has 1 aliphatic heterocycles. The maximum absolute atomic E-state index is 11.1. The van der Waals surface area contributed by atoms with Crippen LogP contribution in [0.25, 0.3) is 0 Å². The largest absolute Gasteiger partial charge is 0.400 e. The van der Waals surface area contributed by atoms with Gasteiger partial charge < -0.3 is 20.5 Å². The smallest absolute Gasteiger partial charge is 0.155 e. The molecule has 0 fully saturated rings. The van der Waals surface area contributed by atoms with Crippen molar-refractivity contribution in [1.82, 2.24) is 0 Å². The molecule has 0 saturated heterocycles. The van der Waals surface area contributed by atoms with E-state index in [0.29, 0.717) is 21.3 Å². The van der Waals surface area contributed by atoms with Gasteiger partial charge in [0, 0.05) is 26.8 Å². The molecule has 0 bridgehead atoms. The number of hydrogen-bond donors (Lipinski definition) is 2. The maximum atomic E-state index is 11.1. The van der Waals surface area contributed by atoms with Gasteiger partial charge >= 0.3 is 0 Å². The van der Waals surface area contributed by atoms with Gasteiger partial charge in [0.2, 0.25) is 0 Å². The number of halogens is 2. The van der Waals surface area contributed by atoms with E-state index in [0.717, 1.165) is 21.0 Å². The number of benzene rings is 1. The van der Waals surface area contributed by atoms with Crippen molar-refractivity contribution < 1.29 is 14.7 Å². The molecule has 1 aliphatic rings. The second-order valence-corrected chi connectivity index (χ2v) is 8.08. The third kappa shape index (κ3) is 5.18. The van der Waals surface area contributed by atoms with E-state index in [2.05, 4.69) is 11.7 Å². The molecule has 1 heterocycles. The van der Waals surface area contributed by atoms with E-state index in [-0.39, 0.29) is 24.9 Å². The summed E-state index contributed by atoms with van der Waals surface area (Å²) in [7, 11) is 0. The van der Waals surface area contributed by atoms with Crippen LogP contribution in [0.2, 0.25) is 10.0 Å². The molecule has 1 atom stereocenters. The monoisotopic (exact) mass is 418 g/mol. The molecule has 0 spiro atoms. The number of nitrogens with zero attached hydrogens (tertiary/aromatic N) is 1. The van der Waals surface area contributed by atoms with Gasteiger partial charge in [-0.2, -0.15) is 0 Å². The zero-order valence-corrected chi connectivity index (χ0v) is 16.2. The Morgan fingerprint density at radius 3 is 2.68 bits per heavy atom. The van der Waals surface area contributed by atoms with Gasteiger partial charge in [0.25, 0.3) is 0 Å². The highest BCUT2D eigenvalue weighted by atomic mass is 35.5. The van der Waals surface area contributed by atoms with Crippen molar-refractivity contribution in [3.63, 3.8) is 0 Å². The molecule has 1 aromatic rings. The van der Waals surface area contributed by atoms with E-state index in [9.17, 15) is 9.90 Å². The number of carbonyl (C=O) groups excluding carboxylic acids is 1. The van der Waals surface area contributed by atoms with Crippen LogP contribution in [0, 0.1) is 0 Å². The quantitative estimate of drug-likeness (QED) is 0.397. The first kappa shape index (κ1) is 20.2. The second-order valence-electron chi connectivity index (χ2n) is 5.01. The average Bonchev–Trinajstić information content (AvgIpc) is 2.59. The molecule has 0 saturated carbocycles. The first-order chi connectivity index (χ1) is 12.0. The first-order valence-corrected chi connectivity index (χ1v) is 9.61. The van der Waals surface area contributed by atoms with E-state index < -0.39 is 0 Å². The van der Waals surface area contributed by atoms with Crippen LogP contribution >= 0.6 is 46.7 Å². The minimum atomic E-state index is -0.278. The van der Waals surface area contributed by atoms with E-state index in [1.807, 2.05) is 0 Å². The molecule has 9 heteroatoms. The average molecular weight is 419 g/mol. The Morgan fingerprint density at radius 2 is 2.08 bits per heavy atom. The molecule has 2 rings (SSSR count). The van der Waals surface area contributed by atoms with E-state index in [4.69, 9.17) is 33.8 Å². The first-order valence-electron chi connectivity index (χ1n) is 7.16. The predicted molar refractivity (Wildman–Crippen MR) is 105 cm³/mol. The number of aldehydes is 1. The van der Waals surface area contributed by atoms with Crippen molar-refractivity contribution in [3.05, 3.63) is 44.9 Å². The lowest BCUT2D eigenvalue weighted by Gasteiger charge is -2.27. The number of fused-ring (bicyclic) bond motifs is 1. The SMILES string of the molecule is C=C(N)CO/N=C/C(CC=O)=C1\Sc2c(Cl)ccc(Cl)c2SC1CO. The minimum Gasteiger partial charge on any atom is -0.400 e. The van der Waals surface area contributed by atoms with E-state index >= 15 is 0 Å². The Kier molecular flexibility index (Phi) is 7.71. The molecule has 25 heavy (non-hydrogen) atoms. The van der Waals surface area contributed by atoms with Crippen LogP contribution in [-0.2, 0) is 9.63 Å². The van der Waals surface area contributed by atoms with Gasteiger partial charge in [-0.15, -0.1) is 11.8 Å². The standard InChI is InChI=1S/C16H16Cl2N2O3S2/c1-9(19)8-23-20-6-10(4-5-21)14-13(7-22)24-15-11(17)2-3-12(18)16(15)25-14/h2-3,5-6,13,22H,1,4,7-8,19H2/b14-10-,20-6+. The Morgan fingerprint density at radius 1 is 1.40 bits per heavy atom. The Labute approximate surface area is 164 Å². The van der Waals surface area contributed by atoms with Crippen molar-refractivity contribution >= 4 is 59.2 Å². The Hall–Kier alpha value is -1.12. The highest BCUT2D eigenvalue weighted by molar-refractivity contribution is 8.09. The summed E-state index contributed by atoms with van der Waals surface area (Å²) in [6.45, 7) is 3.47. The molecular weight excluding hydrogens is 403 g/mol. The van der Waals surface area contributed by atoms with Crippen molar-refractivity contribution in [2.45, 2.75) is 21.5 Å². The zero-order chi connectivity index (χ0) is 18.4. The molecule has 0 radical (unpaired) electrons. The highest BCUT2D eigenvalue weighted by Crippen LogP contribution is 2.53. The van der Waals surface area contributed by atoms with Crippen LogP contribution in [0.4, 0.5) is 0 Å². The van der Waals surface area contributed by atoms with Gasteiger partial charge in [-0.3, -0.25) is 0 Å². The number of aliphatic hydroxyl groups is 1. The van der Waals surface area contributed by atoms with Crippen molar-refractivity contribution in [3.8, 4) is 0 Å². The molecule has 1 aromatic carbocycles. The zero-order valence-electron chi connectivity index (χ0n) is 13.1. The van der Waals surface area contributed by atoms with Crippen LogP contribution in [-0.4, -0.2) is 36.1 Å². The third-order valence-electron chi connectivity index (χ3n) is 3.10. The number of rotatable bonds is 7. The molecule has 0 aliphatic carbocycles. The normalized spacial score (nSPS) is 18.8. The summed E-state index contributed by atoms with van der Waals surface area (Å²) in [5.74, 6) is 0. The lowest BCUT2D eigenvalue weighted by Crippen LogP contribution is -2.16.